The Labute approximate surface area is 140 Å². The Morgan fingerprint density at radius 3 is 2.61 bits per heavy atom. The average molecular weight is 327 g/mol. The summed E-state index contributed by atoms with van der Waals surface area (Å²) < 4.78 is 5.90. The van der Waals surface area contributed by atoms with Crippen LogP contribution in [0.25, 0.3) is 0 Å². The summed E-state index contributed by atoms with van der Waals surface area (Å²) in [6.07, 6.45) is 5.45. The van der Waals surface area contributed by atoms with E-state index in [1.165, 1.54) is 12.2 Å². The number of ether oxygens (including phenoxy) is 1. The van der Waals surface area contributed by atoms with Crippen molar-refractivity contribution in [3.05, 3.63) is 12.2 Å². The van der Waals surface area contributed by atoms with Gasteiger partial charge in [-0.1, -0.05) is 34.1 Å². The predicted octanol–water partition coefficient (Wildman–Crippen LogP) is 2.02. The van der Waals surface area contributed by atoms with Crippen molar-refractivity contribution < 1.29 is 19.7 Å². The third-order valence-corrected chi connectivity index (χ3v) is 4.95. The summed E-state index contributed by atoms with van der Waals surface area (Å²) in [6, 6.07) is -0.270. The number of carbonyl (C=O) groups is 1. The van der Waals surface area contributed by atoms with E-state index in [0.717, 1.165) is 19.3 Å². The summed E-state index contributed by atoms with van der Waals surface area (Å²) in [7, 11) is 0. The normalized spacial score (nSPS) is 30.1. The van der Waals surface area contributed by atoms with Gasteiger partial charge < -0.3 is 20.3 Å². The Hall–Kier alpha value is -0.910. The van der Waals surface area contributed by atoms with Gasteiger partial charge in [-0.3, -0.25) is 4.79 Å². The van der Waals surface area contributed by atoms with Gasteiger partial charge in [0, 0.05) is 6.08 Å². The molecule has 23 heavy (non-hydrogen) atoms. The zero-order chi connectivity index (χ0) is 17.6. The highest BCUT2D eigenvalue weighted by Gasteiger charge is 2.41. The van der Waals surface area contributed by atoms with E-state index in [4.69, 9.17) is 4.74 Å². The molecule has 6 atom stereocenters. The number of aliphatic hydroxyl groups is 2. The van der Waals surface area contributed by atoms with Crippen molar-refractivity contribution >= 4 is 5.91 Å². The molecule has 1 fully saturated rings. The fourth-order valence-electron chi connectivity index (χ4n) is 3.13. The molecule has 1 aliphatic heterocycles. The van der Waals surface area contributed by atoms with E-state index in [-0.39, 0.29) is 42.6 Å². The van der Waals surface area contributed by atoms with Crippen LogP contribution in [0.3, 0.4) is 0 Å². The number of nitrogens with one attached hydrogen (secondary N) is 1. The van der Waals surface area contributed by atoms with Gasteiger partial charge in [-0.2, -0.15) is 0 Å². The Balaban J connectivity index is 2.65. The van der Waals surface area contributed by atoms with Crippen molar-refractivity contribution in [2.75, 3.05) is 6.61 Å². The first-order valence-electron chi connectivity index (χ1n) is 8.73. The highest BCUT2D eigenvalue weighted by atomic mass is 16.5. The minimum atomic E-state index is -1.19. The van der Waals surface area contributed by atoms with Gasteiger partial charge in [0.05, 0.1) is 24.9 Å². The lowest BCUT2D eigenvalue weighted by atomic mass is 9.88. The number of hydrogen-bond acceptors (Lipinski definition) is 4. The number of amides is 1. The number of carbonyl (C=O) groups excluding carboxylic acids is 1. The smallest absolute Gasteiger partial charge is 0.244 e. The summed E-state index contributed by atoms with van der Waals surface area (Å²) in [5, 5.41) is 22.8. The molecule has 1 aliphatic rings. The Kier molecular flexibility index (Phi) is 7.71. The summed E-state index contributed by atoms with van der Waals surface area (Å²) in [4.78, 5) is 12.0. The maximum Gasteiger partial charge on any atom is 0.244 e. The summed E-state index contributed by atoms with van der Waals surface area (Å²) in [5.74, 6) is 0.136. The second-order valence-corrected chi connectivity index (χ2v) is 7.04. The van der Waals surface area contributed by atoms with Crippen LogP contribution in [0.5, 0.6) is 0 Å². The highest BCUT2D eigenvalue weighted by molar-refractivity contribution is 5.87. The van der Waals surface area contributed by atoms with Gasteiger partial charge in [-0.15, -0.1) is 0 Å². The molecular weight excluding hydrogens is 294 g/mol. The fourth-order valence-corrected chi connectivity index (χ4v) is 3.13. The van der Waals surface area contributed by atoms with Gasteiger partial charge in [0.1, 0.15) is 5.60 Å². The topological polar surface area (TPSA) is 78.8 Å². The largest absolute Gasteiger partial charge is 0.394 e. The molecule has 0 radical (unpaired) electrons. The van der Waals surface area contributed by atoms with E-state index in [9.17, 15) is 15.0 Å². The first kappa shape index (κ1) is 20.1. The van der Waals surface area contributed by atoms with E-state index in [1.54, 1.807) is 6.92 Å². The van der Waals surface area contributed by atoms with Crippen LogP contribution in [-0.2, 0) is 9.53 Å². The minimum Gasteiger partial charge on any atom is -0.394 e. The van der Waals surface area contributed by atoms with Gasteiger partial charge in [0.15, 0.2) is 0 Å². The number of rotatable bonds is 8. The first-order valence-corrected chi connectivity index (χ1v) is 8.73. The molecule has 0 saturated carbocycles. The van der Waals surface area contributed by atoms with Crippen molar-refractivity contribution in [3.63, 3.8) is 0 Å². The maximum absolute atomic E-state index is 12.0. The van der Waals surface area contributed by atoms with Crippen LogP contribution < -0.4 is 5.32 Å². The van der Waals surface area contributed by atoms with Crippen LogP contribution in [0.1, 0.15) is 53.9 Å². The molecule has 0 aromatic heterocycles. The highest BCUT2D eigenvalue weighted by Crippen LogP contribution is 2.34. The molecule has 5 heteroatoms. The molecule has 134 valence electrons. The molecule has 1 saturated heterocycles. The molecule has 0 aromatic rings. The lowest BCUT2D eigenvalue weighted by molar-refractivity contribution is -0.118. The van der Waals surface area contributed by atoms with Gasteiger partial charge in [0.2, 0.25) is 5.91 Å². The molecule has 0 unspecified atom stereocenters. The van der Waals surface area contributed by atoms with Crippen molar-refractivity contribution in [3.8, 4) is 0 Å². The maximum atomic E-state index is 12.0. The Bertz CT molecular complexity index is 408. The van der Waals surface area contributed by atoms with Gasteiger partial charge in [-0.05, 0) is 37.7 Å². The van der Waals surface area contributed by atoms with E-state index in [0.29, 0.717) is 0 Å². The van der Waals surface area contributed by atoms with Crippen LogP contribution in [0.2, 0.25) is 0 Å². The monoisotopic (exact) mass is 327 g/mol. The van der Waals surface area contributed by atoms with Crippen LogP contribution >= 0.6 is 0 Å². The molecule has 5 nitrogen and oxygen atoms in total. The van der Waals surface area contributed by atoms with Gasteiger partial charge >= 0.3 is 0 Å². The van der Waals surface area contributed by atoms with E-state index < -0.39 is 5.60 Å². The molecule has 0 aliphatic carbocycles. The van der Waals surface area contributed by atoms with Crippen molar-refractivity contribution in [2.24, 2.45) is 11.8 Å². The van der Waals surface area contributed by atoms with Crippen LogP contribution in [0.4, 0.5) is 0 Å². The zero-order valence-corrected chi connectivity index (χ0v) is 15.1. The second kappa shape index (κ2) is 8.81. The molecular formula is C18H33NO4. The summed E-state index contributed by atoms with van der Waals surface area (Å²) in [5.41, 5.74) is -1.19. The van der Waals surface area contributed by atoms with Crippen molar-refractivity contribution in [1.29, 1.82) is 0 Å². The van der Waals surface area contributed by atoms with Crippen LogP contribution in [0, 0.1) is 11.8 Å². The molecule has 0 bridgehead atoms. The molecule has 1 rings (SSSR count). The first-order chi connectivity index (χ1) is 10.7. The van der Waals surface area contributed by atoms with E-state index >= 15 is 0 Å². The Morgan fingerprint density at radius 1 is 1.48 bits per heavy atom. The summed E-state index contributed by atoms with van der Waals surface area (Å²) in [6.45, 7) is 9.72. The third-order valence-electron chi connectivity index (χ3n) is 4.95. The quantitative estimate of drug-likeness (QED) is 0.596. The van der Waals surface area contributed by atoms with Crippen LogP contribution in [-0.4, -0.2) is 46.6 Å². The SMILES string of the molecule is CC[C@@H]1C[C@H](C)[C@H]([C@@](C)(O)/C=C\C(=O)N[C@H](CO)[C@@H](C)CC)O1. The lowest BCUT2D eigenvalue weighted by Crippen LogP contribution is -2.43. The third kappa shape index (κ3) is 5.59. The molecule has 1 heterocycles. The molecule has 0 aromatic carbocycles. The zero-order valence-electron chi connectivity index (χ0n) is 15.1. The lowest BCUT2D eigenvalue weighted by Gasteiger charge is -2.29. The molecule has 1 amide bonds. The standard InChI is InChI=1S/C18H33NO4/c1-6-12(3)15(11-20)19-16(21)8-9-18(5,22)17-13(4)10-14(7-2)23-17/h8-9,12-15,17,20,22H,6-7,10-11H2,1-5H3,(H,19,21)/b9-8-/t12-,13-,14+,15+,17+,18-/m0/s1. The second-order valence-electron chi connectivity index (χ2n) is 7.04. The summed E-state index contributed by atoms with van der Waals surface area (Å²) >= 11 is 0. The number of aliphatic hydroxyl groups excluding tert-OH is 1. The van der Waals surface area contributed by atoms with Gasteiger partial charge in [0.25, 0.3) is 0 Å². The van der Waals surface area contributed by atoms with Gasteiger partial charge in [-0.25, -0.2) is 0 Å². The Morgan fingerprint density at radius 2 is 2.13 bits per heavy atom. The van der Waals surface area contributed by atoms with E-state index in [1.807, 2.05) is 13.8 Å². The molecule has 0 spiro atoms. The van der Waals surface area contributed by atoms with E-state index in [2.05, 4.69) is 19.2 Å². The average Bonchev–Trinajstić information content (AvgIpc) is 2.92. The van der Waals surface area contributed by atoms with Crippen molar-refractivity contribution in [1.82, 2.24) is 5.32 Å². The molecule has 3 N–H and O–H groups in total. The number of hydrogen-bond donors (Lipinski definition) is 3. The minimum absolute atomic E-state index is 0.0913. The van der Waals surface area contributed by atoms with Crippen LogP contribution in [0.15, 0.2) is 12.2 Å². The fraction of sp³-hybridized carbons (Fsp3) is 0.833. The predicted molar refractivity (Wildman–Crippen MR) is 91.0 cm³/mol. The van der Waals surface area contributed by atoms with Crippen molar-refractivity contribution in [2.45, 2.75) is 77.7 Å².